The second kappa shape index (κ2) is 5.31. The molecule has 0 bridgehead atoms. The van der Waals surface area contributed by atoms with Crippen molar-refractivity contribution in [3.8, 4) is 0 Å². The molecule has 1 aromatic heterocycles. The summed E-state index contributed by atoms with van der Waals surface area (Å²) in [5.41, 5.74) is 3.34. The number of hydrazine groups is 1. The topological polar surface area (TPSA) is 75.9 Å². The van der Waals surface area contributed by atoms with Crippen molar-refractivity contribution in [1.82, 2.24) is 9.97 Å². The van der Waals surface area contributed by atoms with Gasteiger partial charge in [-0.25, -0.2) is 15.8 Å². The zero-order valence-corrected chi connectivity index (χ0v) is 11.0. The van der Waals surface area contributed by atoms with E-state index in [4.69, 9.17) is 17.4 Å². The molecule has 0 aliphatic rings. The molecule has 1 aromatic carbocycles. The summed E-state index contributed by atoms with van der Waals surface area (Å²) in [5, 5.41) is 3.80. The van der Waals surface area contributed by atoms with Gasteiger partial charge in [0.1, 0.15) is 16.6 Å². The Hall–Kier alpha value is -1.37. The van der Waals surface area contributed by atoms with Crippen LogP contribution in [0.4, 0.5) is 17.3 Å². The number of rotatable bonds is 3. The van der Waals surface area contributed by atoms with Crippen molar-refractivity contribution < 1.29 is 0 Å². The smallest absolute Gasteiger partial charge is 0.159 e. The van der Waals surface area contributed by atoms with E-state index in [1.54, 1.807) is 12.1 Å². The normalized spacial score (nSPS) is 10.1. The monoisotopic (exact) mass is 313 g/mol. The van der Waals surface area contributed by atoms with Crippen molar-refractivity contribution in [2.75, 3.05) is 10.7 Å². The predicted octanol–water partition coefficient (Wildman–Crippen LogP) is 2.92. The van der Waals surface area contributed by atoms with Gasteiger partial charge >= 0.3 is 0 Å². The van der Waals surface area contributed by atoms with Crippen LogP contribution in [0.1, 0.15) is 0 Å². The van der Waals surface area contributed by atoms with Crippen LogP contribution in [0.2, 0.25) is 5.02 Å². The summed E-state index contributed by atoms with van der Waals surface area (Å²) in [4.78, 5) is 8.06. The lowest BCUT2D eigenvalue weighted by atomic mass is 10.3. The first-order chi connectivity index (χ1) is 8.20. The molecule has 0 atom stereocenters. The van der Waals surface area contributed by atoms with E-state index in [0.29, 0.717) is 21.1 Å². The summed E-state index contributed by atoms with van der Waals surface area (Å²) < 4.78 is 0.664. The molecular weight excluding hydrogens is 306 g/mol. The van der Waals surface area contributed by atoms with Gasteiger partial charge in [-0.1, -0.05) is 11.6 Å². The fourth-order valence-corrected chi connectivity index (χ4v) is 1.77. The summed E-state index contributed by atoms with van der Waals surface area (Å²) >= 11 is 9.16. The van der Waals surface area contributed by atoms with Gasteiger partial charge in [0.25, 0.3) is 0 Å². The molecule has 0 saturated carbocycles. The SMILES string of the molecule is NNc1ncnc(Nc2ccc(Cl)cc2)c1Br. The molecule has 0 unspecified atom stereocenters. The summed E-state index contributed by atoms with van der Waals surface area (Å²) in [6.07, 6.45) is 1.41. The number of anilines is 3. The van der Waals surface area contributed by atoms with E-state index in [9.17, 15) is 0 Å². The van der Waals surface area contributed by atoms with Crippen LogP contribution in [0, 0.1) is 0 Å². The third-order valence-electron chi connectivity index (χ3n) is 2.03. The average Bonchev–Trinajstić information content (AvgIpc) is 2.35. The maximum Gasteiger partial charge on any atom is 0.159 e. The number of hydrogen-bond acceptors (Lipinski definition) is 5. The van der Waals surface area contributed by atoms with E-state index >= 15 is 0 Å². The predicted molar refractivity (Wildman–Crippen MR) is 72.3 cm³/mol. The molecular formula is C10H9BrClN5. The number of hydrogen-bond donors (Lipinski definition) is 3. The Morgan fingerprint density at radius 2 is 1.76 bits per heavy atom. The van der Waals surface area contributed by atoms with Crippen molar-refractivity contribution >= 4 is 44.9 Å². The van der Waals surface area contributed by atoms with E-state index in [1.165, 1.54) is 6.33 Å². The number of halogens is 2. The summed E-state index contributed by atoms with van der Waals surface area (Å²) in [7, 11) is 0. The van der Waals surface area contributed by atoms with Crippen LogP contribution in [0.15, 0.2) is 35.1 Å². The highest BCUT2D eigenvalue weighted by Crippen LogP contribution is 2.28. The van der Waals surface area contributed by atoms with Crippen molar-refractivity contribution in [3.63, 3.8) is 0 Å². The van der Waals surface area contributed by atoms with Gasteiger partial charge in [0, 0.05) is 10.7 Å². The second-order valence-corrected chi connectivity index (χ2v) is 4.39. The molecule has 0 fully saturated rings. The fourth-order valence-electron chi connectivity index (χ4n) is 1.23. The van der Waals surface area contributed by atoms with Gasteiger partial charge in [0.05, 0.1) is 0 Å². The molecule has 2 aromatic rings. The quantitative estimate of drug-likeness (QED) is 0.600. The van der Waals surface area contributed by atoms with Crippen LogP contribution in [0.25, 0.3) is 0 Å². The van der Waals surface area contributed by atoms with Gasteiger partial charge < -0.3 is 10.7 Å². The number of nitrogens with one attached hydrogen (secondary N) is 2. The number of nitrogen functional groups attached to an aromatic ring is 1. The maximum atomic E-state index is 5.80. The Morgan fingerprint density at radius 3 is 2.41 bits per heavy atom. The fraction of sp³-hybridized carbons (Fsp3) is 0. The Balaban J connectivity index is 2.27. The zero-order chi connectivity index (χ0) is 12.3. The van der Waals surface area contributed by atoms with Crippen molar-refractivity contribution in [2.24, 2.45) is 5.84 Å². The maximum absolute atomic E-state index is 5.80. The molecule has 7 heteroatoms. The van der Waals surface area contributed by atoms with Gasteiger partial charge in [0.2, 0.25) is 0 Å². The molecule has 0 aliphatic heterocycles. The number of aromatic nitrogens is 2. The molecule has 0 aliphatic carbocycles. The molecule has 17 heavy (non-hydrogen) atoms. The largest absolute Gasteiger partial charge is 0.339 e. The molecule has 2 rings (SSSR count). The first kappa shape index (κ1) is 12.1. The highest BCUT2D eigenvalue weighted by molar-refractivity contribution is 9.10. The Labute approximate surface area is 112 Å². The summed E-state index contributed by atoms with van der Waals surface area (Å²) in [6, 6.07) is 7.29. The highest BCUT2D eigenvalue weighted by atomic mass is 79.9. The van der Waals surface area contributed by atoms with Crippen LogP contribution in [-0.4, -0.2) is 9.97 Å². The first-order valence-corrected chi connectivity index (χ1v) is 5.87. The Morgan fingerprint density at radius 1 is 1.12 bits per heavy atom. The minimum atomic E-state index is 0.511. The van der Waals surface area contributed by atoms with Gasteiger partial charge in [0.15, 0.2) is 5.82 Å². The number of nitrogens with zero attached hydrogens (tertiary/aromatic N) is 2. The minimum Gasteiger partial charge on any atom is -0.339 e. The second-order valence-electron chi connectivity index (χ2n) is 3.16. The minimum absolute atomic E-state index is 0.511. The van der Waals surface area contributed by atoms with Crippen molar-refractivity contribution in [3.05, 3.63) is 40.1 Å². The molecule has 5 nitrogen and oxygen atoms in total. The lowest BCUT2D eigenvalue weighted by Gasteiger charge is -2.09. The van der Waals surface area contributed by atoms with Crippen LogP contribution in [-0.2, 0) is 0 Å². The Kier molecular flexibility index (Phi) is 3.78. The molecule has 0 amide bonds. The van der Waals surface area contributed by atoms with Gasteiger partial charge in [-0.2, -0.15) is 0 Å². The lowest BCUT2D eigenvalue weighted by Crippen LogP contribution is -2.10. The standard InChI is InChI=1S/C10H9BrClN5/c11-8-9(14-5-15-10(8)17-13)16-7-3-1-6(12)2-4-7/h1-5H,13H2,(H2,14,15,16,17). The summed E-state index contributed by atoms with van der Waals surface area (Å²) in [5.74, 6) is 6.45. The number of benzene rings is 1. The third kappa shape index (κ3) is 2.85. The first-order valence-electron chi connectivity index (χ1n) is 4.70. The van der Waals surface area contributed by atoms with Crippen LogP contribution < -0.4 is 16.6 Å². The van der Waals surface area contributed by atoms with Crippen LogP contribution >= 0.6 is 27.5 Å². The van der Waals surface area contributed by atoms with E-state index in [-0.39, 0.29) is 0 Å². The summed E-state index contributed by atoms with van der Waals surface area (Å²) in [6.45, 7) is 0. The van der Waals surface area contributed by atoms with Gasteiger partial charge in [-0.05, 0) is 40.2 Å². The third-order valence-corrected chi connectivity index (χ3v) is 3.04. The molecule has 0 saturated heterocycles. The van der Waals surface area contributed by atoms with Crippen LogP contribution in [0.5, 0.6) is 0 Å². The van der Waals surface area contributed by atoms with Gasteiger partial charge in [-0.15, -0.1) is 0 Å². The molecule has 4 N–H and O–H groups in total. The van der Waals surface area contributed by atoms with Crippen molar-refractivity contribution in [1.29, 1.82) is 0 Å². The van der Waals surface area contributed by atoms with E-state index in [1.807, 2.05) is 12.1 Å². The van der Waals surface area contributed by atoms with Crippen molar-refractivity contribution in [2.45, 2.75) is 0 Å². The molecule has 0 radical (unpaired) electrons. The molecule has 0 spiro atoms. The van der Waals surface area contributed by atoms with Crippen LogP contribution in [0.3, 0.4) is 0 Å². The average molecular weight is 315 g/mol. The van der Waals surface area contributed by atoms with E-state index in [2.05, 4.69) is 36.6 Å². The number of nitrogens with two attached hydrogens (primary N) is 1. The van der Waals surface area contributed by atoms with E-state index in [0.717, 1.165) is 5.69 Å². The van der Waals surface area contributed by atoms with E-state index < -0.39 is 0 Å². The zero-order valence-electron chi connectivity index (χ0n) is 8.61. The molecule has 1 heterocycles. The molecule has 88 valence electrons. The van der Waals surface area contributed by atoms with Gasteiger partial charge in [-0.3, -0.25) is 0 Å². The highest BCUT2D eigenvalue weighted by Gasteiger charge is 2.07. The lowest BCUT2D eigenvalue weighted by molar-refractivity contribution is 1.12. The Bertz CT molecular complexity index is 517.